The number of aromatic nitrogens is 2. The molecule has 48 heavy (non-hydrogen) atoms. The highest BCUT2D eigenvalue weighted by atomic mass is 16.5. The van der Waals surface area contributed by atoms with Crippen LogP contribution in [0.2, 0.25) is 0 Å². The number of esters is 1. The molecule has 0 saturated carbocycles. The average molecular weight is 652 g/mol. The van der Waals surface area contributed by atoms with Crippen molar-refractivity contribution in [2.45, 2.75) is 44.7 Å². The van der Waals surface area contributed by atoms with Crippen molar-refractivity contribution in [1.82, 2.24) is 25.1 Å². The molecule has 1 aromatic heterocycles. The maximum atomic E-state index is 14.0. The van der Waals surface area contributed by atoms with E-state index in [9.17, 15) is 19.2 Å². The largest absolute Gasteiger partial charge is 0.468 e. The number of anilines is 1. The molecule has 4 N–H and O–H groups in total. The maximum absolute atomic E-state index is 14.0. The summed E-state index contributed by atoms with van der Waals surface area (Å²) < 4.78 is 6.80. The first-order chi connectivity index (χ1) is 23.0. The van der Waals surface area contributed by atoms with Crippen molar-refractivity contribution < 1.29 is 23.9 Å². The minimum absolute atomic E-state index is 0.00841. The highest BCUT2D eigenvalue weighted by Gasteiger charge is 2.41. The Morgan fingerprint density at radius 1 is 0.979 bits per heavy atom. The number of nitrogens with one attached hydrogen (secondary N) is 4. The van der Waals surface area contributed by atoms with E-state index in [1.165, 1.54) is 14.0 Å². The van der Waals surface area contributed by atoms with E-state index in [1.54, 1.807) is 36.4 Å². The number of likely N-dealkylation sites (tertiary alicyclic amines) is 1. The van der Waals surface area contributed by atoms with Gasteiger partial charge in [-0.05, 0) is 80.8 Å². The SMILES string of the molecule is COC(=O)C(NCC(C)(C(=O)N1CCCC1)c1ccc2c(c1)nc(CNc1ccc(C(=N)NC(=O)c3ccccc3)cc1)n2C)C(C)=O. The summed E-state index contributed by atoms with van der Waals surface area (Å²) in [6.45, 7) is 4.93. The first-order valence-corrected chi connectivity index (χ1v) is 15.9. The molecule has 12 heteroatoms. The van der Waals surface area contributed by atoms with E-state index in [-0.39, 0.29) is 24.2 Å². The normalized spacial score (nSPS) is 14.6. The molecule has 0 aliphatic carbocycles. The van der Waals surface area contributed by atoms with Gasteiger partial charge >= 0.3 is 5.97 Å². The van der Waals surface area contributed by atoms with E-state index in [1.807, 2.05) is 59.8 Å². The molecule has 1 fully saturated rings. The van der Waals surface area contributed by atoms with Crippen LogP contribution in [0.5, 0.6) is 0 Å². The number of aryl methyl sites for hydroxylation is 1. The van der Waals surface area contributed by atoms with Crippen LogP contribution in [0.1, 0.15) is 54.0 Å². The van der Waals surface area contributed by atoms with Crippen LogP contribution in [0.4, 0.5) is 5.69 Å². The second-order valence-corrected chi connectivity index (χ2v) is 12.2. The third-order valence-electron chi connectivity index (χ3n) is 8.88. The lowest BCUT2D eigenvalue weighted by Gasteiger charge is -2.34. The van der Waals surface area contributed by atoms with Gasteiger partial charge in [-0.25, -0.2) is 9.78 Å². The molecule has 1 aliphatic rings. The van der Waals surface area contributed by atoms with Gasteiger partial charge in [0.1, 0.15) is 11.7 Å². The lowest BCUT2D eigenvalue weighted by Crippen LogP contribution is -2.54. The van der Waals surface area contributed by atoms with Gasteiger partial charge in [0.2, 0.25) is 5.91 Å². The van der Waals surface area contributed by atoms with Gasteiger partial charge in [0, 0.05) is 43.5 Å². The summed E-state index contributed by atoms with van der Waals surface area (Å²) in [5, 5.41) is 17.3. The number of rotatable bonds is 12. The number of Topliss-reactive ketones (excluding diaryl/α,β-unsaturated/α-hetero) is 1. The predicted octanol–water partition coefficient (Wildman–Crippen LogP) is 3.54. The zero-order valence-corrected chi connectivity index (χ0v) is 27.6. The lowest BCUT2D eigenvalue weighted by molar-refractivity contribution is -0.147. The number of methoxy groups -OCH3 is 1. The van der Waals surface area contributed by atoms with Crippen molar-refractivity contribution in [2.24, 2.45) is 7.05 Å². The van der Waals surface area contributed by atoms with E-state index in [4.69, 9.17) is 15.1 Å². The first kappa shape index (κ1) is 34.0. The quantitative estimate of drug-likeness (QED) is 0.0784. The van der Waals surface area contributed by atoms with Crippen molar-refractivity contribution in [3.63, 3.8) is 0 Å². The molecular weight excluding hydrogens is 610 g/mol. The first-order valence-electron chi connectivity index (χ1n) is 15.9. The Balaban J connectivity index is 1.31. The average Bonchev–Trinajstić information content (AvgIpc) is 3.75. The zero-order valence-electron chi connectivity index (χ0n) is 27.6. The predicted molar refractivity (Wildman–Crippen MR) is 183 cm³/mol. The summed E-state index contributed by atoms with van der Waals surface area (Å²) in [6, 6.07) is 20.5. The molecule has 0 spiro atoms. The molecule has 250 valence electrons. The number of benzene rings is 3. The Bertz CT molecular complexity index is 1830. The molecule has 0 bridgehead atoms. The van der Waals surface area contributed by atoms with E-state index in [0.29, 0.717) is 36.3 Å². The lowest BCUT2D eigenvalue weighted by atomic mass is 9.80. The Morgan fingerprint density at radius 2 is 1.67 bits per heavy atom. The fourth-order valence-electron chi connectivity index (χ4n) is 5.92. The number of nitrogens with zero attached hydrogens (tertiary/aromatic N) is 3. The number of hydrogen-bond acceptors (Lipinski definition) is 9. The fourth-order valence-corrected chi connectivity index (χ4v) is 5.92. The summed E-state index contributed by atoms with van der Waals surface area (Å²) in [5.41, 5.74) is 3.11. The Labute approximate surface area is 279 Å². The Hall–Kier alpha value is -5.36. The highest BCUT2D eigenvalue weighted by Crippen LogP contribution is 2.31. The van der Waals surface area contributed by atoms with Gasteiger partial charge in [0.15, 0.2) is 11.8 Å². The molecule has 0 radical (unpaired) electrons. The van der Waals surface area contributed by atoms with Crippen LogP contribution >= 0.6 is 0 Å². The number of amidine groups is 1. The third kappa shape index (κ3) is 7.28. The van der Waals surface area contributed by atoms with Crippen LogP contribution in [0.3, 0.4) is 0 Å². The van der Waals surface area contributed by atoms with Crippen molar-refractivity contribution >= 4 is 46.1 Å². The monoisotopic (exact) mass is 651 g/mol. The van der Waals surface area contributed by atoms with Crippen LogP contribution in [0, 0.1) is 5.41 Å². The molecule has 2 heterocycles. The smallest absolute Gasteiger partial charge is 0.330 e. The number of ether oxygens (including phenoxy) is 1. The van der Waals surface area contributed by atoms with Crippen LogP contribution in [-0.4, -0.2) is 76.6 Å². The van der Waals surface area contributed by atoms with Crippen molar-refractivity contribution in [1.29, 1.82) is 5.41 Å². The molecule has 3 aromatic carbocycles. The number of imidazole rings is 1. The summed E-state index contributed by atoms with van der Waals surface area (Å²) in [7, 11) is 3.15. The molecule has 12 nitrogen and oxygen atoms in total. The molecule has 2 unspecified atom stereocenters. The van der Waals surface area contributed by atoms with E-state index < -0.39 is 23.2 Å². The number of fused-ring (bicyclic) bond motifs is 1. The Morgan fingerprint density at radius 3 is 2.31 bits per heavy atom. The number of amides is 2. The summed E-state index contributed by atoms with van der Waals surface area (Å²) >= 11 is 0. The van der Waals surface area contributed by atoms with Crippen LogP contribution in [0.15, 0.2) is 72.8 Å². The minimum atomic E-state index is -1.18. The number of hydrogen-bond donors (Lipinski definition) is 4. The van der Waals surface area contributed by atoms with Crippen molar-refractivity contribution in [3.8, 4) is 0 Å². The van der Waals surface area contributed by atoms with Crippen LogP contribution < -0.4 is 16.0 Å². The van der Waals surface area contributed by atoms with E-state index in [0.717, 1.165) is 35.4 Å². The standard InChI is InChI=1S/C36H41N7O5/c1-23(44)31(34(46)48-4)39-22-36(2,35(47)43-18-8-9-19-43)26-14-17-29-28(20-26)40-30(42(29)3)21-38-27-15-12-24(13-16-27)32(37)41-33(45)25-10-6-5-7-11-25/h5-7,10-17,20,31,38-39H,8-9,18-19,21-22H2,1-4H3,(H2,37,41,45). The fraction of sp³-hybridized carbons (Fsp3) is 0.333. The van der Waals surface area contributed by atoms with Crippen LogP contribution in [-0.2, 0) is 38.1 Å². The highest BCUT2D eigenvalue weighted by molar-refractivity contribution is 6.11. The molecule has 4 aromatic rings. The summed E-state index contributed by atoms with van der Waals surface area (Å²) in [5.74, 6) is -0.730. The van der Waals surface area contributed by atoms with Gasteiger partial charge in [0.25, 0.3) is 5.91 Å². The van der Waals surface area contributed by atoms with E-state index >= 15 is 0 Å². The van der Waals surface area contributed by atoms with Gasteiger partial charge < -0.3 is 24.8 Å². The van der Waals surface area contributed by atoms with Crippen LogP contribution in [0.25, 0.3) is 11.0 Å². The van der Waals surface area contributed by atoms with E-state index in [2.05, 4.69) is 16.0 Å². The molecule has 1 aliphatic heterocycles. The maximum Gasteiger partial charge on any atom is 0.330 e. The molecule has 5 rings (SSSR count). The van der Waals surface area contributed by atoms with Gasteiger partial charge in [0.05, 0.1) is 30.1 Å². The number of carbonyl (C=O) groups excluding carboxylic acids is 4. The zero-order chi connectivity index (χ0) is 34.4. The summed E-state index contributed by atoms with van der Waals surface area (Å²) in [6.07, 6.45) is 1.86. The molecular formula is C36H41N7O5. The number of ketones is 1. The van der Waals surface area contributed by atoms with Gasteiger partial charge in [-0.1, -0.05) is 24.3 Å². The third-order valence-corrected chi connectivity index (χ3v) is 8.88. The minimum Gasteiger partial charge on any atom is -0.468 e. The van der Waals surface area contributed by atoms with Crippen molar-refractivity contribution in [3.05, 3.63) is 95.3 Å². The number of carbonyl (C=O) groups is 4. The van der Waals surface area contributed by atoms with Gasteiger partial charge in [-0.15, -0.1) is 0 Å². The molecule has 1 saturated heterocycles. The topological polar surface area (TPSA) is 159 Å². The van der Waals surface area contributed by atoms with Crippen molar-refractivity contribution in [2.75, 3.05) is 32.1 Å². The summed E-state index contributed by atoms with van der Waals surface area (Å²) in [4.78, 5) is 57.6. The second kappa shape index (κ2) is 14.6. The molecule has 2 atom stereocenters. The second-order valence-electron chi connectivity index (χ2n) is 12.2. The van der Waals surface area contributed by atoms with Gasteiger partial charge in [-0.2, -0.15) is 0 Å². The Kier molecular flexibility index (Phi) is 10.3. The van der Waals surface area contributed by atoms with Gasteiger partial charge in [-0.3, -0.25) is 25.1 Å². The molecule has 2 amide bonds.